The molecule has 7 nitrogen and oxygen atoms in total. The Morgan fingerprint density at radius 3 is 2.63 bits per heavy atom. The number of fused-ring (bicyclic) bond motifs is 3. The van der Waals surface area contributed by atoms with Crippen molar-refractivity contribution in [3.05, 3.63) is 54.1 Å². The van der Waals surface area contributed by atoms with E-state index in [4.69, 9.17) is 0 Å². The van der Waals surface area contributed by atoms with Gasteiger partial charge in [0.15, 0.2) is 22.3 Å². The van der Waals surface area contributed by atoms with Gasteiger partial charge in [0.25, 0.3) is 0 Å². The highest BCUT2D eigenvalue weighted by Gasteiger charge is 2.31. The first-order chi connectivity index (χ1) is 14.7. The van der Waals surface area contributed by atoms with Crippen molar-refractivity contribution in [2.24, 2.45) is 5.92 Å². The predicted molar refractivity (Wildman–Crippen MR) is 120 cm³/mol. The van der Waals surface area contributed by atoms with E-state index in [1.165, 1.54) is 0 Å². The number of aromatic nitrogens is 5. The third-order valence-electron chi connectivity index (χ3n) is 5.66. The van der Waals surface area contributed by atoms with Crippen LogP contribution in [0, 0.1) is 12.8 Å². The van der Waals surface area contributed by atoms with Crippen molar-refractivity contribution in [1.29, 1.82) is 0 Å². The zero-order valence-corrected chi connectivity index (χ0v) is 18.7. The first-order valence-corrected chi connectivity index (χ1v) is 11.7. The minimum Gasteiger partial charge on any atom is -0.316 e. The fraction of sp³-hybridized carbons (Fsp3) is 0.409. The van der Waals surface area contributed by atoms with E-state index >= 15 is 0 Å². The Morgan fingerprint density at radius 1 is 1.13 bits per heavy atom. The number of nitrogens with zero attached hydrogens (tertiary/aromatic N) is 5. The predicted octanol–water partition coefficient (Wildman–Crippen LogP) is 3.70. The monoisotopic (exact) mass is 424 g/mol. The number of nitrogens with one attached hydrogen (secondary N) is 1. The van der Waals surface area contributed by atoms with Gasteiger partial charge in [0.1, 0.15) is 5.82 Å². The molecule has 1 aliphatic heterocycles. The Hall–Kier alpha value is -2.58. The van der Waals surface area contributed by atoms with E-state index < -0.39 is 11.0 Å². The van der Waals surface area contributed by atoms with Crippen LogP contribution in [0.15, 0.2) is 47.6 Å². The van der Waals surface area contributed by atoms with Crippen LogP contribution >= 0.6 is 0 Å². The number of hydrogen-bond acceptors (Lipinski definition) is 5. The summed E-state index contributed by atoms with van der Waals surface area (Å²) < 4.78 is 16.9. The number of aryl methyl sites for hydroxylation is 1. The maximum atomic E-state index is 13.1. The standard InChI is InChI=1S/C20H22N6OS.C2H6/c1-3-14-10-21-11-16(14)19-24-23-18-12-22-20-17(26(18)19)8-9-25(20)28(27)15-6-4-13(2)5-7-15;1-2/h4-9,12,14,16,21H,3,10-11H2,1-2H3;1-2H3. The van der Waals surface area contributed by atoms with Gasteiger partial charge < -0.3 is 5.32 Å². The van der Waals surface area contributed by atoms with Crippen LogP contribution in [-0.4, -0.2) is 40.9 Å². The van der Waals surface area contributed by atoms with Crippen LogP contribution in [-0.2, 0) is 11.0 Å². The first-order valence-electron chi connectivity index (χ1n) is 10.6. The van der Waals surface area contributed by atoms with Crippen LogP contribution in [0.4, 0.5) is 0 Å². The lowest BCUT2D eigenvalue weighted by molar-refractivity contribution is 0.483. The summed E-state index contributed by atoms with van der Waals surface area (Å²) in [7, 11) is -1.36. The van der Waals surface area contributed by atoms with Crippen LogP contribution in [0.2, 0.25) is 0 Å². The van der Waals surface area contributed by atoms with E-state index in [9.17, 15) is 4.21 Å². The van der Waals surface area contributed by atoms with Crippen LogP contribution < -0.4 is 5.32 Å². The van der Waals surface area contributed by atoms with Gasteiger partial charge in [0.2, 0.25) is 0 Å². The van der Waals surface area contributed by atoms with Crippen molar-refractivity contribution in [3.63, 3.8) is 0 Å². The molecular formula is C22H28N6OS. The highest BCUT2D eigenvalue weighted by atomic mass is 32.2. The average molecular weight is 425 g/mol. The third-order valence-corrected chi connectivity index (χ3v) is 6.99. The van der Waals surface area contributed by atoms with E-state index in [2.05, 4.69) is 31.8 Å². The molecule has 1 aromatic carbocycles. The van der Waals surface area contributed by atoms with Gasteiger partial charge in [-0.3, -0.25) is 4.40 Å². The molecule has 4 heterocycles. The molecule has 0 aliphatic carbocycles. The van der Waals surface area contributed by atoms with E-state index in [-0.39, 0.29) is 0 Å². The van der Waals surface area contributed by atoms with Gasteiger partial charge in [-0.15, -0.1) is 10.2 Å². The quantitative estimate of drug-likeness (QED) is 0.541. The Bertz CT molecular complexity index is 1180. The Balaban J connectivity index is 0.00000106. The number of hydrogen-bond donors (Lipinski definition) is 1. The summed E-state index contributed by atoms with van der Waals surface area (Å²) in [6.45, 7) is 10.1. The van der Waals surface area contributed by atoms with Crippen molar-refractivity contribution >= 4 is 27.8 Å². The molecule has 3 atom stereocenters. The summed E-state index contributed by atoms with van der Waals surface area (Å²) in [5.74, 6) is 1.81. The van der Waals surface area contributed by atoms with Crippen molar-refractivity contribution < 1.29 is 4.21 Å². The Kier molecular flexibility index (Phi) is 5.97. The zero-order chi connectivity index (χ0) is 21.3. The van der Waals surface area contributed by atoms with Gasteiger partial charge in [-0.2, -0.15) is 0 Å². The lowest BCUT2D eigenvalue weighted by Gasteiger charge is -2.15. The summed E-state index contributed by atoms with van der Waals surface area (Å²) in [5.41, 5.74) is 3.43. The summed E-state index contributed by atoms with van der Waals surface area (Å²) in [5, 5.41) is 12.3. The van der Waals surface area contributed by atoms with Crippen molar-refractivity contribution in [2.75, 3.05) is 13.1 Å². The molecule has 1 N–H and O–H groups in total. The van der Waals surface area contributed by atoms with Crippen LogP contribution in [0.25, 0.3) is 16.8 Å². The molecule has 0 saturated carbocycles. The van der Waals surface area contributed by atoms with E-state index in [0.717, 1.165) is 47.0 Å². The van der Waals surface area contributed by atoms with Crippen LogP contribution in [0.5, 0.6) is 0 Å². The van der Waals surface area contributed by atoms with Gasteiger partial charge in [0.05, 0.1) is 16.6 Å². The van der Waals surface area contributed by atoms with E-state index in [0.29, 0.717) is 17.5 Å². The third kappa shape index (κ3) is 3.44. The molecule has 0 radical (unpaired) electrons. The topological polar surface area (TPSA) is 77.1 Å². The lowest BCUT2D eigenvalue weighted by atomic mass is 9.93. The molecule has 30 heavy (non-hydrogen) atoms. The minimum atomic E-state index is -1.36. The summed E-state index contributed by atoms with van der Waals surface area (Å²) in [4.78, 5) is 5.29. The van der Waals surface area contributed by atoms with Crippen molar-refractivity contribution in [2.45, 2.75) is 44.9 Å². The molecule has 1 saturated heterocycles. The molecule has 3 unspecified atom stereocenters. The first kappa shape index (κ1) is 20.7. The van der Waals surface area contributed by atoms with Gasteiger partial charge in [-0.1, -0.05) is 44.9 Å². The highest BCUT2D eigenvalue weighted by Crippen LogP contribution is 2.31. The Morgan fingerprint density at radius 2 is 1.90 bits per heavy atom. The molecule has 8 heteroatoms. The van der Waals surface area contributed by atoms with Crippen molar-refractivity contribution in [3.8, 4) is 0 Å². The van der Waals surface area contributed by atoms with Crippen LogP contribution in [0.3, 0.4) is 0 Å². The average Bonchev–Trinajstić information content (AvgIpc) is 3.51. The van der Waals surface area contributed by atoms with Gasteiger partial charge >= 0.3 is 0 Å². The normalized spacial score (nSPS) is 19.7. The molecule has 5 rings (SSSR count). The largest absolute Gasteiger partial charge is 0.316 e. The smallest absolute Gasteiger partial charge is 0.179 e. The van der Waals surface area contributed by atoms with Crippen molar-refractivity contribution in [1.82, 2.24) is 28.9 Å². The van der Waals surface area contributed by atoms with Crippen LogP contribution in [0.1, 0.15) is 44.5 Å². The second-order valence-electron chi connectivity index (χ2n) is 7.36. The maximum Gasteiger partial charge on any atom is 0.179 e. The summed E-state index contributed by atoms with van der Waals surface area (Å²) in [6.07, 6.45) is 4.64. The molecule has 0 amide bonds. The van der Waals surface area contributed by atoms with Gasteiger partial charge in [-0.25, -0.2) is 13.2 Å². The number of rotatable bonds is 4. The molecule has 4 aromatic rings. The molecule has 3 aromatic heterocycles. The molecular weight excluding hydrogens is 396 g/mol. The SMILES string of the molecule is CC.CCC1CNCC1c1nnc2cnc3c(ccn3S(=O)c3ccc(C)cc3)n12. The molecule has 0 bridgehead atoms. The second kappa shape index (κ2) is 8.65. The molecule has 1 aliphatic rings. The number of benzene rings is 1. The summed E-state index contributed by atoms with van der Waals surface area (Å²) in [6, 6.07) is 9.70. The minimum absolute atomic E-state index is 0.316. The van der Waals surface area contributed by atoms with E-state index in [1.807, 2.05) is 57.3 Å². The molecule has 1 fully saturated rings. The fourth-order valence-electron chi connectivity index (χ4n) is 4.06. The fourth-order valence-corrected chi connectivity index (χ4v) is 5.12. The lowest BCUT2D eigenvalue weighted by Crippen LogP contribution is -2.13. The zero-order valence-electron chi connectivity index (χ0n) is 17.9. The van der Waals surface area contributed by atoms with Gasteiger partial charge in [-0.05, 0) is 37.6 Å². The second-order valence-corrected chi connectivity index (χ2v) is 8.72. The molecule has 158 valence electrons. The Labute approximate surface area is 179 Å². The maximum absolute atomic E-state index is 13.1. The van der Waals surface area contributed by atoms with Gasteiger partial charge in [0, 0.05) is 18.7 Å². The van der Waals surface area contributed by atoms with E-state index in [1.54, 1.807) is 10.2 Å². The summed E-state index contributed by atoms with van der Waals surface area (Å²) >= 11 is 0. The molecule has 0 spiro atoms. The highest BCUT2D eigenvalue weighted by molar-refractivity contribution is 7.83.